The van der Waals surface area contributed by atoms with Crippen LogP contribution in [-0.2, 0) is 12.8 Å². The van der Waals surface area contributed by atoms with Crippen molar-refractivity contribution in [2.24, 2.45) is 0 Å². The van der Waals surface area contributed by atoms with E-state index in [-0.39, 0.29) is 0 Å². The largest absolute Gasteiger partial charge is 0.306 e. The highest BCUT2D eigenvalue weighted by atomic mass is 15.1. The van der Waals surface area contributed by atoms with Gasteiger partial charge in [-0.3, -0.25) is 4.98 Å². The third kappa shape index (κ3) is 5.54. The van der Waals surface area contributed by atoms with Crippen LogP contribution in [0.15, 0.2) is 54.9 Å². The molecule has 0 amide bonds. The fraction of sp³-hybridized carbons (Fsp3) is 0.389. The zero-order valence-corrected chi connectivity index (χ0v) is 12.3. The van der Waals surface area contributed by atoms with E-state index in [4.69, 9.17) is 0 Å². The monoisotopic (exact) mass is 268 g/mol. The average Bonchev–Trinajstić information content (AvgIpc) is 2.52. The first-order chi connectivity index (χ1) is 9.84. The summed E-state index contributed by atoms with van der Waals surface area (Å²) < 4.78 is 0. The van der Waals surface area contributed by atoms with Crippen LogP contribution in [0, 0.1) is 0 Å². The highest BCUT2D eigenvalue weighted by Gasteiger charge is 2.00. The highest BCUT2D eigenvalue weighted by Crippen LogP contribution is 2.05. The number of aryl methyl sites for hydroxylation is 1. The van der Waals surface area contributed by atoms with Gasteiger partial charge >= 0.3 is 0 Å². The fourth-order valence-corrected chi connectivity index (χ4v) is 2.34. The van der Waals surface area contributed by atoms with Crippen molar-refractivity contribution in [3.8, 4) is 0 Å². The number of benzene rings is 1. The third-order valence-electron chi connectivity index (χ3n) is 3.63. The smallest absolute Gasteiger partial charge is 0.0270 e. The van der Waals surface area contributed by atoms with Crippen molar-refractivity contribution in [2.45, 2.75) is 25.7 Å². The molecule has 0 N–H and O–H groups in total. The second-order valence-corrected chi connectivity index (χ2v) is 5.35. The Hall–Kier alpha value is -1.67. The Morgan fingerprint density at radius 2 is 1.50 bits per heavy atom. The van der Waals surface area contributed by atoms with Crippen LogP contribution >= 0.6 is 0 Å². The van der Waals surface area contributed by atoms with Crippen LogP contribution in [0.3, 0.4) is 0 Å². The molecule has 1 aromatic carbocycles. The first kappa shape index (κ1) is 14.7. The molecule has 0 aliphatic heterocycles. The van der Waals surface area contributed by atoms with Crippen molar-refractivity contribution < 1.29 is 0 Å². The molecular weight excluding hydrogens is 244 g/mol. The summed E-state index contributed by atoms with van der Waals surface area (Å²) in [6, 6.07) is 15.0. The van der Waals surface area contributed by atoms with Gasteiger partial charge in [-0.05, 0) is 62.5 Å². The van der Waals surface area contributed by atoms with E-state index in [0.717, 1.165) is 13.0 Å². The number of hydrogen-bond acceptors (Lipinski definition) is 2. The maximum absolute atomic E-state index is 4.05. The van der Waals surface area contributed by atoms with Gasteiger partial charge in [-0.15, -0.1) is 0 Å². The van der Waals surface area contributed by atoms with E-state index in [1.807, 2.05) is 12.4 Å². The maximum atomic E-state index is 4.05. The number of hydrogen-bond donors (Lipinski definition) is 0. The molecule has 2 aromatic rings. The van der Waals surface area contributed by atoms with Crippen LogP contribution in [0.5, 0.6) is 0 Å². The molecule has 1 aromatic heterocycles. The maximum Gasteiger partial charge on any atom is 0.0270 e. The van der Waals surface area contributed by atoms with Gasteiger partial charge in [0.2, 0.25) is 0 Å². The Kier molecular flexibility index (Phi) is 6.25. The van der Waals surface area contributed by atoms with Gasteiger partial charge in [0.15, 0.2) is 0 Å². The van der Waals surface area contributed by atoms with Gasteiger partial charge in [-0.25, -0.2) is 0 Å². The number of rotatable bonds is 8. The SMILES string of the molecule is CN(CCCCc1ccccc1)CCc1ccncc1. The third-order valence-corrected chi connectivity index (χ3v) is 3.63. The van der Waals surface area contributed by atoms with Gasteiger partial charge in [-0.1, -0.05) is 30.3 Å². The Labute approximate surface area is 122 Å². The predicted molar refractivity (Wildman–Crippen MR) is 84.8 cm³/mol. The molecule has 2 heteroatoms. The van der Waals surface area contributed by atoms with E-state index in [0.29, 0.717) is 0 Å². The molecule has 0 fully saturated rings. The van der Waals surface area contributed by atoms with E-state index in [1.54, 1.807) is 0 Å². The molecule has 106 valence electrons. The standard InChI is InChI=1S/C18H24N2/c1-20(16-12-18-10-13-19-14-11-18)15-6-5-9-17-7-3-2-4-8-17/h2-4,7-8,10-11,13-14H,5-6,9,12,15-16H2,1H3. The minimum absolute atomic E-state index is 1.11. The summed E-state index contributed by atoms with van der Waals surface area (Å²) >= 11 is 0. The molecule has 0 radical (unpaired) electrons. The Balaban J connectivity index is 1.57. The van der Waals surface area contributed by atoms with Gasteiger partial charge in [-0.2, -0.15) is 0 Å². The summed E-state index contributed by atoms with van der Waals surface area (Å²) in [7, 11) is 2.21. The van der Waals surface area contributed by atoms with Crippen LogP contribution in [0.2, 0.25) is 0 Å². The van der Waals surface area contributed by atoms with Gasteiger partial charge in [0, 0.05) is 18.9 Å². The molecule has 0 saturated heterocycles. The van der Waals surface area contributed by atoms with Crippen molar-refractivity contribution in [3.05, 3.63) is 66.0 Å². The lowest BCUT2D eigenvalue weighted by molar-refractivity contribution is 0.330. The summed E-state index contributed by atoms with van der Waals surface area (Å²) in [6.45, 7) is 2.30. The van der Waals surface area contributed by atoms with E-state index >= 15 is 0 Å². The lowest BCUT2D eigenvalue weighted by Crippen LogP contribution is -2.22. The molecule has 0 saturated carbocycles. The normalized spacial score (nSPS) is 10.9. The van der Waals surface area contributed by atoms with E-state index in [2.05, 4.69) is 59.4 Å². The average molecular weight is 268 g/mol. The lowest BCUT2D eigenvalue weighted by Gasteiger charge is -2.16. The summed E-state index contributed by atoms with van der Waals surface area (Å²) in [5.74, 6) is 0. The zero-order chi connectivity index (χ0) is 14.0. The number of aromatic nitrogens is 1. The summed E-state index contributed by atoms with van der Waals surface area (Å²) in [5.41, 5.74) is 2.82. The molecule has 0 atom stereocenters. The molecule has 0 unspecified atom stereocenters. The molecule has 0 bridgehead atoms. The number of likely N-dealkylation sites (N-methyl/N-ethyl adjacent to an activating group) is 1. The van der Waals surface area contributed by atoms with Gasteiger partial charge < -0.3 is 4.90 Å². The molecule has 20 heavy (non-hydrogen) atoms. The van der Waals surface area contributed by atoms with Gasteiger partial charge in [0.1, 0.15) is 0 Å². The topological polar surface area (TPSA) is 16.1 Å². The molecule has 1 heterocycles. The summed E-state index contributed by atoms with van der Waals surface area (Å²) in [6.07, 6.45) is 8.58. The molecule has 2 rings (SSSR count). The van der Waals surface area contributed by atoms with Crippen molar-refractivity contribution in [3.63, 3.8) is 0 Å². The number of pyridine rings is 1. The lowest BCUT2D eigenvalue weighted by atomic mass is 10.1. The van der Waals surface area contributed by atoms with Gasteiger partial charge in [0.25, 0.3) is 0 Å². The zero-order valence-electron chi connectivity index (χ0n) is 12.3. The van der Waals surface area contributed by atoms with E-state index < -0.39 is 0 Å². The molecule has 0 aliphatic rings. The van der Waals surface area contributed by atoms with Crippen LogP contribution in [-0.4, -0.2) is 30.0 Å². The van der Waals surface area contributed by atoms with Crippen LogP contribution in [0.4, 0.5) is 0 Å². The van der Waals surface area contributed by atoms with Crippen molar-refractivity contribution in [1.82, 2.24) is 9.88 Å². The fourth-order valence-electron chi connectivity index (χ4n) is 2.34. The molecule has 2 nitrogen and oxygen atoms in total. The quantitative estimate of drug-likeness (QED) is 0.680. The Bertz CT molecular complexity index is 467. The van der Waals surface area contributed by atoms with Crippen molar-refractivity contribution >= 4 is 0 Å². The molecule has 0 aliphatic carbocycles. The first-order valence-corrected chi connectivity index (χ1v) is 7.46. The van der Waals surface area contributed by atoms with Gasteiger partial charge in [0.05, 0.1) is 0 Å². The van der Waals surface area contributed by atoms with Crippen LogP contribution in [0.1, 0.15) is 24.0 Å². The first-order valence-electron chi connectivity index (χ1n) is 7.46. The Morgan fingerprint density at radius 1 is 0.800 bits per heavy atom. The Morgan fingerprint density at radius 3 is 2.25 bits per heavy atom. The van der Waals surface area contributed by atoms with Crippen molar-refractivity contribution in [1.29, 1.82) is 0 Å². The van der Waals surface area contributed by atoms with Crippen LogP contribution < -0.4 is 0 Å². The molecule has 0 spiro atoms. The minimum atomic E-state index is 1.11. The summed E-state index contributed by atoms with van der Waals surface area (Å²) in [5, 5.41) is 0. The summed E-state index contributed by atoms with van der Waals surface area (Å²) in [4.78, 5) is 6.47. The molecular formula is C18H24N2. The van der Waals surface area contributed by atoms with E-state index in [1.165, 1.54) is 36.9 Å². The minimum Gasteiger partial charge on any atom is -0.306 e. The number of unbranched alkanes of at least 4 members (excludes halogenated alkanes) is 1. The number of nitrogens with zero attached hydrogens (tertiary/aromatic N) is 2. The predicted octanol–water partition coefficient (Wildman–Crippen LogP) is 3.58. The van der Waals surface area contributed by atoms with Crippen LogP contribution in [0.25, 0.3) is 0 Å². The second-order valence-electron chi connectivity index (χ2n) is 5.35. The van der Waals surface area contributed by atoms with E-state index in [9.17, 15) is 0 Å². The second kappa shape index (κ2) is 8.49. The van der Waals surface area contributed by atoms with Crippen molar-refractivity contribution in [2.75, 3.05) is 20.1 Å². The highest BCUT2D eigenvalue weighted by molar-refractivity contribution is 5.14.